The predicted molar refractivity (Wildman–Crippen MR) is 95.2 cm³/mol. The molecule has 0 unspecified atom stereocenters. The maximum Gasteiger partial charge on any atom is 0.316 e. The van der Waals surface area contributed by atoms with Crippen LogP contribution in [-0.2, 0) is 14.8 Å². The summed E-state index contributed by atoms with van der Waals surface area (Å²) in [6.07, 6.45) is 4.24. The van der Waals surface area contributed by atoms with Crippen molar-refractivity contribution in [3.63, 3.8) is 0 Å². The molecule has 138 valence electrons. The summed E-state index contributed by atoms with van der Waals surface area (Å²) in [6.45, 7) is 2.14. The molecule has 2 heterocycles. The number of rotatable bonds is 5. The Morgan fingerprint density at radius 3 is 2.35 bits per heavy atom. The van der Waals surface area contributed by atoms with Crippen molar-refractivity contribution in [2.75, 3.05) is 18.4 Å². The summed E-state index contributed by atoms with van der Waals surface area (Å²) < 4.78 is 32.7. The second kappa shape index (κ2) is 7.79. The highest BCUT2D eigenvalue weighted by Crippen LogP contribution is 2.23. The standard InChI is InChI=1S/C17H20N4O4S/c1-13(22)20-14-3-5-16(6-4-14)26(23,24)21-11-7-15(8-12-21)25-17-18-9-2-10-19-17/h2-6,9-10,15H,7-8,11-12H2,1H3,(H,20,22). The summed E-state index contributed by atoms with van der Waals surface area (Å²) in [4.78, 5) is 19.3. The zero-order valence-electron chi connectivity index (χ0n) is 14.3. The molecule has 1 aliphatic heterocycles. The Labute approximate surface area is 152 Å². The first-order valence-electron chi connectivity index (χ1n) is 8.26. The summed E-state index contributed by atoms with van der Waals surface area (Å²) in [5.74, 6) is -0.204. The van der Waals surface area contributed by atoms with Gasteiger partial charge in [0.25, 0.3) is 0 Å². The van der Waals surface area contributed by atoms with Crippen molar-refractivity contribution in [1.82, 2.24) is 14.3 Å². The second-order valence-corrected chi connectivity index (χ2v) is 7.90. The largest absolute Gasteiger partial charge is 0.460 e. The van der Waals surface area contributed by atoms with Crippen molar-refractivity contribution in [1.29, 1.82) is 0 Å². The molecule has 0 saturated carbocycles. The lowest BCUT2D eigenvalue weighted by Gasteiger charge is -2.30. The third-order valence-electron chi connectivity index (χ3n) is 4.03. The molecule has 8 nitrogen and oxygen atoms in total. The van der Waals surface area contributed by atoms with E-state index in [-0.39, 0.29) is 16.9 Å². The Balaban J connectivity index is 1.61. The number of piperidine rings is 1. The van der Waals surface area contributed by atoms with Crippen LogP contribution in [0.4, 0.5) is 5.69 Å². The van der Waals surface area contributed by atoms with Crippen molar-refractivity contribution < 1.29 is 17.9 Å². The van der Waals surface area contributed by atoms with Gasteiger partial charge in [-0.1, -0.05) is 0 Å². The summed E-state index contributed by atoms with van der Waals surface area (Å²) in [5, 5.41) is 2.62. The number of hydrogen-bond donors (Lipinski definition) is 1. The summed E-state index contributed by atoms with van der Waals surface area (Å²) >= 11 is 0. The molecule has 2 aromatic rings. The van der Waals surface area contributed by atoms with E-state index in [1.165, 1.54) is 23.4 Å². The number of amides is 1. The first-order valence-corrected chi connectivity index (χ1v) is 9.70. The Morgan fingerprint density at radius 1 is 1.15 bits per heavy atom. The molecule has 0 radical (unpaired) electrons. The van der Waals surface area contributed by atoms with Crippen LogP contribution < -0.4 is 10.1 Å². The molecule has 0 spiro atoms. The monoisotopic (exact) mass is 376 g/mol. The van der Waals surface area contributed by atoms with Crippen LogP contribution in [0.5, 0.6) is 6.01 Å². The number of nitrogens with zero attached hydrogens (tertiary/aromatic N) is 3. The molecule has 1 saturated heterocycles. The number of aromatic nitrogens is 2. The van der Waals surface area contributed by atoms with Crippen LogP contribution in [0.1, 0.15) is 19.8 Å². The van der Waals surface area contributed by atoms with Crippen molar-refractivity contribution >= 4 is 21.6 Å². The predicted octanol–water partition coefficient (Wildman–Crippen LogP) is 1.67. The highest BCUT2D eigenvalue weighted by atomic mass is 32.2. The lowest BCUT2D eigenvalue weighted by Crippen LogP contribution is -2.41. The van der Waals surface area contributed by atoms with E-state index in [1.54, 1.807) is 30.6 Å². The minimum Gasteiger partial charge on any atom is -0.460 e. The Bertz CT molecular complexity index is 848. The lowest BCUT2D eigenvalue weighted by molar-refractivity contribution is -0.114. The molecular weight excluding hydrogens is 356 g/mol. The molecule has 0 bridgehead atoms. The quantitative estimate of drug-likeness (QED) is 0.852. The fourth-order valence-electron chi connectivity index (χ4n) is 2.75. The van der Waals surface area contributed by atoms with E-state index >= 15 is 0 Å². The molecule has 1 aromatic carbocycles. The van der Waals surface area contributed by atoms with Gasteiger partial charge in [0, 0.05) is 38.1 Å². The van der Waals surface area contributed by atoms with E-state index < -0.39 is 10.0 Å². The van der Waals surface area contributed by atoms with Crippen molar-refractivity contribution in [2.24, 2.45) is 0 Å². The molecule has 1 aliphatic rings. The number of carbonyl (C=O) groups is 1. The van der Waals surface area contributed by atoms with Gasteiger partial charge in [-0.15, -0.1) is 0 Å². The van der Waals surface area contributed by atoms with Crippen molar-refractivity contribution in [2.45, 2.75) is 30.8 Å². The van der Waals surface area contributed by atoms with E-state index in [0.29, 0.717) is 37.6 Å². The highest BCUT2D eigenvalue weighted by Gasteiger charge is 2.30. The number of benzene rings is 1. The van der Waals surface area contributed by atoms with Gasteiger partial charge in [0.1, 0.15) is 6.10 Å². The van der Waals surface area contributed by atoms with Crippen LogP contribution in [0.3, 0.4) is 0 Å². The van der Waals surface area contributed by atoms with Gasteiger partial charge in [-0.2, -0.15) is 4.31 Å². The van der Waals surface area contributed by atoms with Crippen LogP contribution in [0, 0.1) is 0 Å². The number of hydrogen-bond acceptors (Lipinski definition) is 6. The Morgan fingerprint density at radius 2 is 1.77 bits per heavy atom. The molecule has 9 heteroatoms. The van der Waals surface area contributed by atoms with Gasteiger partial charge < -0.3 is 10.1 Å². The number of anilines is 1. The van der Waals surface area contributed by atoms with Crippen LogP contribution in [0.25, 0.3) is 0 Å². The Hall–Kier alpha value is -2.52. The number of nitrogens with one attached hydrogen (secondary N) is 1. The lowest BCUT2D eigenvalue weighted by atomic mass is 10.1. The van der Waals surface area contributed by atoms with E-state index in [0.717, 1.165) is 0 Å². The van der Waals surface area contributed by atoms with Gasteiger partial charge in [0.15, 0.2) is 0 Å². The smallest absolute Gasteiger partial charge is 0.316 e. The van der Waals surface area contributed by atoms with Crippen LogP contribution in [-0.4, -0.2) is 47.8 Å². The number of sulfonamides is 1. The van der Waals surface area contributed by atoms with Crippen LogP contribution in [0.15, 0.2) is 47.6 Å². The maximum absolute atomic E-state index is 12.8. The van der Waals surface area contributed by atoms with Crippen molar-refractivity contribution in [3.05, 3.63) is 42.7 Å². The average Bonchev–Trinajstić information content (AvgIpc) is 2.63. The van der Waals surface area contributed by atoms with E-state index in [1.807, 2.05) is 0 Å². The second-order valence-electron chi connectivity index (χ2n) is 5.96. The summed E-state index contributed by atoms with van der Waals surface area (Å²) in [7, 11) is -3.57. The topological polar surface area (TPSA) is 101 Å². The van der Waals surface area contributed by atoms with E-state index in [2.05, 4.69) is 15.3 Å². The molecule has 26 heavy (non-hydrogen) atoms. The summed E-state index contributed by atoms with van der Waals surface area (Å²) in [6, 6.07) is 8.18. The normalized spacial score (nSPS) is 16.2. The van der Waals surface area contributed by atoms with Crippen molar-refractivity contribution in [3.8, 4) is 6.01 Å². The third-order valence-corrected chi connectivity index (χ3v) is 5.94. The van der Waals surface area contributed by atoms with Crippen LogP contribution in [0.2, 0.25) is 0 Å². The van der Waals surface area contributed by atoms with Gasteiger partial charge in [-0.05, 0) is 43.2 Å². The SMILES string of the molecule is CC(=O)Nc1ccc(S(=O)(=O)N2CCC(Oc3ncccn3)CC2)cc1. The average molecular weight is 376 g/mol. The van der Waals surface area contributed by atoms with Gasteiger partial charge in [-0.3, -0.25) is 4.79 Å². The minimum absolute atomic E-state index is 0.106. The summed E-state index contributed by atoms with van der Waals surface area (Å²) in [5.41, 5.74) is 0.561. The first-order chi connectivity index (χ1) is 12.4. The zero-order chi connectivity index (χ0) is 18.6. The van der Waals surface area contributed by atoms with Gasteiger partial charge in [0.2, 0.25) is 15.9 Å². The van der Waals surface area contributed by atoms with E-state index in [4.69, 9.17) is 4.74 Å². The molecule has 1 aromatic heterocycles. The third kappa shape index (κ3) is 4.36. The number of carbonyl (C=O) groups excluding carboxylic acids is 1. The number of ether oxygens (including phenoxy) is 1. The fraction of sp³-hybridized carbons (Fsp3) is 0.353. The van der Waals surface area contributed by atoms with Gasteiger partial charge >= 0.3 is 6.01 Å². The molecular formula is C17H20N4O4S. The molecule has 1 fully saturated rings. The van der Waals surface area contributed by atoms with Gasteiger partial charge in [0.05, 0.1) is 4.90 Å². The highest BCUT2D eigenvalue weighted by molar-refractivity contribution is 7.89. The first kappa shape index (κ1) is 18.3. The molecule has 1 N–H and O–H groups in total. The Kier molecular flexibility index (Phi) is 5.48. The van der Waals surface area contributed by atoms with Crippen LogP contribution >= 0.6 is 0 Å². The molecule has 3 rings (SSSR count). The minimum atomic E-state index is -3.57. The molecule has 0 aliphatic carbocycles. The molecule has 0 atom stereocenters. The van der Waals surface area contributed by atoms with Gasteiger partial charge in [-0.25, -0.2) is 18.4 Å². The maximum atomic E-state index is 12.8. The molecule has 1 amide bonds. The van der Waals surface area contributed by atoms with E-state index in [9.17, 15) is 13.2 Å². The zero-order valence-corrected chi connectivity index (χ0v) is 15.1. The fourth-order valence-corrected chi connectivity index (χ4v) is 4.22.